The average molecular weight is 429 g/mol. The Morgan fingerprint density at radius 2 is 1.90 bits per heavy atom. The van der Waals surface area contributed by atoms with Gasteiger partial charge in [-0.1, -0.05) is 57.6 Å². The molecule has 3 N–H and O–H groups in total. The highest BCUT2D eigenvalue weighted by atomic mass is 16.3. The van der Waals surface area contributed by atoms with Crippen molar-refractivity contribution in [1.29, 1.82) is 0 Å². The highest BCUT2D eigenvalue weighted by molar-refractivity contribution is 5.45. The lowest BCUT2D eigenvalue weighted by molar-refractivity contribution is 0.0596. The van der Waals surface area contributed by atoms with E-state index in [1.807, 2.05) is 13.8 Å². The summed E-state index contributed by atoms with van der Waals surface area (Å²) in [5.74, 6) is 2.05. The van der Waals surface area contributed by atoms with E-state index in [1.165, 1.54) is 37.7 Å². The molecule has 3 aliphatic rings. The lowest BCUT2D eigenvalue weighted by Crippen LogP contribution is -2.36. The average Bonchev–Trinajstić information content (AvgIpc) is 3.04. The van der Waals surface area contributed by atoms with Crippen LogP contribution >= 0.6 is 0 Å². The Kier molecular flexibility index (Phi) is 7.40. The van der Waals surface area contributed by atoms with E-state index >= 15 is 0 Å². The summed E-state index contributed by atoms with van der Waals surface area (Å²) in [4.78, 5) is 0. The molecule has 0 heterocycles. The molecule has 0 amide bonds. The van der Waals surface area contributed by atoms with E-state index in [0.717, 1.165) is 30.8 Å². The Hall–Kier alpha value is -1.16. The molecule has 3 rings (SSSR count). The van der Waals surface area contributed by atoms with Crippen LogP contribution in [0.4, 0.5) is 0 Å². The van der Waals surface area contributed by atoms with Gasteiger partial charge in [0.25, 0.3) is 0 Å². The van der Waals surface area contributed by atoms with Crippen molar-refractivity contribution in [2.24, 2.45) is 23.2 Å². The summed E-state index contributed by atoms with van der Waals surface area (Å²) in [5.41, 5.74) is 3.41. The Labute approximate surface area is 189 Å². The van der Waals surface area contributed by atoms with Crippen molar-refractivity contribution in [3.8, 4) is 0 Å². The van der Waals surface area contributed by atoms with E-state index in [-0.39, 0.29) is 0 Å². The fraction of sp³-hybridized carbons (Fsp3) is 0.714. The van der Waals surface area contributed by atoms with Gasteiger partial charge in [-0.05, 0) is 92.3 Å². The van der Waals surface area contributed by atoms with Gasteiger partial charge in [0, 0.05) is 6.42 Å². The largest absolute Gasteiger partial charge is 0.390 e. The van der Waals surface area contributed by atoms with E-state index in [9.17, 15) is 15.3 Å². The SMILES string of the molecule is C=C1C(=CC=C2CCC[C@@]3(C)C2CCC3[C@H](C)CCCC(C)(C)O)C[C@@H](O)C(=C)[C@@H]1O. The molecule has 3 fully saturated rings. The first kappa shape index (κ1) is 24.5. The second kappa shape index (κ2) is 9.37. The van der Waals surface area contributed by atoms with Gasteiger partial charge in [-0.25, -0.2) is 0 Å². The van der Waals surface area contributed by atoms with Crippen molar-refractivity contribution < 1.29 is 15.3 Å². The zero-order chi connectivity index (χ0) is 23.0. The predicted molar refractivity (Wildman–Crippen MR) is 129 cm³/mol. The van der Waals surface area contributed by atoms with Gasteiger partial charge in [-0.3, -0.25) is 0 Å². The minimum atomic E-state index is -0.842. The molecule has 0 saturated heterocycles. The molecule has 174 valence electrons. The van der Waals surface area contributed by atoms with Gasteiger partial charge in [0.05, 0.1) is 11.7 Å². The number of aliphatic hydroxyl groups excluding tert-OH is 2. The molecule has 6 atom stereocenters. The van der Waals surface area contributed by atoms with Crippen molar-refractivity contribution in [2.75, 3.05) is 0 Å². The van der Waals surface area contributed by atoms with Crippen molar-refractivity contribution in [3.05, 3.63) is 47.6 Å². The third-order valence-electron chi connectivity index (χ3n) is 8.61. The van der Waals surface area contributed by atoms with Gasteiger partial charge in [0.15, 0.2) is 0 Å². The van der Waals surface area contributed by atoms with Crippen LogP contribution in [0, 0.1) is 23.2 Å². The van der Waals surface area contributed by atoms with Gasteiger partial charge >= 0.3 is 0 Å². The Morgan fingerprint density at radius 1 is 1.19 bits per heavy atom. The molecule has 2 unspecified atom stereocenters. The lowest BCUT2D eigenvalue weighted by atomic mass is 9.60. The fourth-order valence-electron chi connectivity index (χ4n) is 6.71. The molecule has 0 bridgehead atoms. The molecule has 0 spiro atoms. The van der Waals surface area contributed by atoms with Crippen LogP contribution in [-0.2, 0) is 0 Å². The van der Waals surface area contributed by atoms with Crippen LogP contribution in [0.1, 0.15) is 85.5 Å². The van der Waals surface area contributed by atoms with Crippen LogP contribution in [0.3, 0.4) is 0 Å². The standard InChI is InChI=1S/C28H44O3/c1-18(9-7-15-27(4,5)31)23-13-14-24-21(10-8-16-28(23,24)6)11-12-22-17-25(29)20(3)26(30)19(22)2/h11-12,18,23-26,29-31H,2-3,7-10,13-17H2,1,4-6H3/t18-,23?,24?,25-,26-,28-/m1/s1. The molecular weight excluding hydrogens is 384 g/mol. The second-order valence-electron chi connectivity index (χ2n) is 11.4. The molecule has 0 aromatic rings. The van der Waals surface area contributed by atoms with Crippen LogP contribution < -0.4 is 0 Å². The minimum absolute atomic E-state index is 0.355. The van der Waals surface area contributed by atoms with Crippen LogP contribution in [0.2, 0.25) is 0 Å². The summed E-state index contributed by atoms with van der Waals surface area (Å²) in [6.45, 7) is 16.6. The first-order valence-corrected chi connectivity index (χ1v) is 12.3. The number of hydrogen-bond donors (Lipinski definition) is 3. The normalized spacial score (nSPS) is 38.0. The van der Waals surface area contributed by atoms with Crippen molar-refractivity contribution in [2.45, 2.75) is 103 Å². The summed E-state index contributed by atoms with van der Waals surface area (Å²) < 4.78 is 0. The molecular formula is C28H44O3. The maximum Gasteiger partial charge on any atom is 0.102 e. The maximum atomic E-state index is 10.3. The zero-order valence-corrected chi connectivity index (χ0v) is 20.2. The first-order chi connectivity index (χ1) is 14.4. The van der Waals surface area contributed by atoms with Crippen molar-refractivity contribution in [1.82, 2.24) is 0 Å². The van der Waals surface area contributed by atoms with Gasteiger partial charge < -0.3 is 15.3 Å². The van der Waals surface area contributed by atoms with E-state index in [1.54, 1.807) is 0 Å². The first-order valence-electron chi connectivity index (χ1n) is 12.3. The van der Waals surface area contributed by atoms with Gasteiger partial charge in [-0.15, -0.1) is 0 Å². The van der Waals surface area contributed by atoms with Crippen molar-refractivity contribution >= 4 is 0 Å². The minimum Gasteiger partial charge on any atom is -0.390 e. The van der Waals surface area contributed by atoms with Crippen LogP contribution in [-0.4, -0.2) is 33.1 Å². The van der Waals surface area contributed by atoms with E-state index in [0.29, 0.717) is 34.8 Å². The molecule has 0 aliphatic heterocycles. The third-order valence-corrected chi connectivity index (χ3v) is 8.61. The maximum absolute atomic E-state index is 10.3. The number of allylic oxidation sites excluding steroid dienone is 3. The van der Waals surface area contributed by atoms with Crippen LogP contribution in [0.5, 0.6) is 0 Å². The van der Waals surface area contributed by atoms with Crippen LogP contribution in [0.25, 0.3) is 0 Å². The smallest absolute Gasteiger partial charge is 0.102 e. The summed E-state index contributed by atoms with van der Waals surface area (Å²) in [7, 11) is 0. The zero-order valence-electron chi connectivity index (χ0n) is 20.2. The Morgan fingerprint density at radius 3 is 2.58 bits per heavy atom. The lowest BCUT2D eigenvalue weighted by Gasteiger charge is -2.44. The van der Waals surface area contributed by atoms with E-state index < -0.39 is 17.8 Å². The highest BCUT2D eigenvalue weighted by Gasteiger charge is 2.50. The Balaban J connectivity index is 1.72. The number of hydrogen-bond acceptors (Lipinski definition) is 3. The molecule has 3 nitrogen and oxygen atoms in total. The van der Waals surface area contributed by atoms with Gasteiger partial charge in [0.1, 0.15) is 6.10 Å². The summed E-state index contributed by atoms with van der Waals surface area (Å²) >= 11 is 0. The summed E-state index contributed by atoms with van der Waals surface area (Å²) in [6.07, 6.45) is 12.7. The molecule has 3 heteroatoms. The molecule has 3 saturated carbocycles. The molecule has 31 heavy (non-hydrogen) atoms. The number of rotatable bonds is 6. The predicted octanol–water partition coefficient (Wildman–Crippen LogP) is 5.87. The van der Waals surface area contributed by atoms with Gasteiger partial charge in [0.2, 0.25) is 0 Å². The van der Waals surface area contributed by atoms with E-state index in [2.05, 4.69) is 39.2 Å². The monoisotopic (exact) mass is 428 g/mol. The highest BCUT2D eigenvalue weighted by Crippen LogP contribution is 2.60. The summed E-state index contributed by atoms with van der Waals surface area (Å²) in [5, 5.41) is 30.5. The molecule has 3 aliphatic carbocycles. The number of aliphatic hydroxyl groups is 3. The Bertz CT molecular complexity index is 753. The third kappa shape index (κ3) is 5.26. The molecule has 0 radical (unpaired) electrons. The van der Waals surface area contributed by atoms with E-state index in [4.69, 9.17) is 0 Å². The molecule has 0 aromatic heterocycles. The molecule has 0 aromatic carbocycles. The van der Waals surface area contributed by atoms with Gasteiger partial charge in [-0.2, -0.15) is 0 Å². The topological polar surface area (TPSA) is 60.7 Å². The quantitative estimate of drug-likeness (QED) is 0.464. The van der Waals surface area contributed by atoms with Crippen molar-refractivity contribution in [3.63, 3.8) is 0 Å². The summed E-state index contributed by atoms with van der Waals surface area (Å²) in [6, 6.07) is 0. The second-order valence-corrected chi connectivity index (χ2v) is 11.4. The number of fused-ring (bicyclic) bond motifs is 1. The fourth-order valence-corrected chi connectivity index (χ4v) is 6.71. The van der Waals surface area contributed by atoms with Crippen LogP contribution in [0.15, 0.2) is 47.6 Å².